The third-order valence-electron chi connectivity index (χ3n) is 3.14. The van der Waals surface area contributed by atoms with Crippen LogP contribution in [0.25, 0.3) is 0 Å². The van der Waals surface area contributed by atoms with Gasteiger partial charge in [-0.2, -0.15) is 13.2 Å². The Morgan fingerprint density at radius 1 is 1.05 bits per heavy atom. The Labute approximate surface area is 115 Å². The van der Waals surface area contributed by atoms with E-state index in [0.717, 1.165) is 17.2 Å². The van der Waals surface area contributed by atoms with Crippen LogP contribution in [0.4, 0.5) is 13.2 Å². The molecule has 0 aromatic heterocycles. The highest BCUT2D eigenvalue weighted by atomic mass is 19.4. The smallest absolute Gasteiger partial charge is 0.388 e. The lowest BCUT2D eigenvalue weighted by Gasteiger charge is -2.17. The quantitative estimate of drug-likeness (QED) is 0.889. The second-order valence-electron chi connectivity index (χ2n) is 4.79. The number of halogens is 3. The Hall–Kier alpha value is -1.81. The molecule has 2 rings (SSSR count). The summed E-state index contributed by atoms with van der Waals surface area (Å²) < 4.78 is 38.7. The zero-order valence-corrected chi connectivity index (χ0v) is 11.0. The largest absolute Gasteiger partial charge is 0.416 e. The van der Waals surface area contributed by atoms with E-state index in [1.807, 2.05) is 25.1 Å². The van der Waals surface area contributed by atoms with Crippen molar-refractivity contribution in [3.05, 3.63) is 70.8 Å². The van der Waals surface area contributed by atoms with Gasteiger partial charge in [0, 0.05) is 6.42 Å². The van der Waals surface area contributed by atoms with Crippen molar-refractivity contribution in [1.29, 1.82) is 0 Å². The normalized spacial score (nSPS) is 13.2. The molecule has 106 valence electrons. The van der Waals surface area contributed by atoms with Crippen LogP contribution in [0.1, 0.15) is 28.4 Å². The zero-order chi connectivity index (χ0) is 14.8. The summed E-state index contributed by atoms with van der Waals surface area (Å²) in [6, 6.07) is 12.5. The van der Waals surface area contributed by atoms with E-state index < -0.39 is 17.8 Å². The second kappa shape index (κ2) is 5.67. The van der Waals surface area contributed by atoms with Gasteiger partial charge in [-0.05, 0) is 24.1 Å². The van der Waals surface area contributed by atoms with E-state index in [-0.39, 0.29) is 12.0 Å². The van der Waals surface area contributed by atoms with Gasteiger partial charge in [-0.1, -0.05) is 48.0 Å². The molecule has 2 aromatic rings. The van der Waals surface area contributed by atoms with E-state index in [4.69, 9.17) is 0 Å². The number of hydrogen-bond donors (Lipinski definition) is 1. The summed E-state index contributed by atoms with van der Waals surface area (Å²) in [5.74, 6) is 0. The van der Waals surface area contributed by atoms with Gasteiger partial charge in [-0.15, -0.1) is 0 Å². The average Bonchev–Trinajstić information content (AvgIpc) is 2.37. The molecule has 0 saturated carbocycles. The van der Waals surface area contributed by atoms with E-state index in [1.165, 1.54) is 18.2 Å². The van der Waals surface area contributed by atoms with Gasteiger partial charge in [0.05, 0.1) is 11.7 Å². The molecule has 0 aliphatic carbocycles. The summed E-state index contributed by atoms with van der Waals surface area (Å²) in [5, 5.41) is 10.1. The number of benzene rings is 2. The third kappa shape index (κ3) is 3.39. The first-order valence-electron chi connectivity index (χ1n) is 6.27. The molecular formula is C16H15F3O. The lowest BCUT2D eigenvalue weighted by atomic mass is 9.96. The number of aryl methyl sites for hydroxylation is 1. The van der Waals surface area contributed by atoms with E-state index in [1.54, 1.807) is 6.07 Å². The molecule has 0 fully saturated rings. The van der Waals surface area contributed by atoms with Gasteiger partial charge in [0.15, 0.2) is 0 Å². The minimum absolute atomic E-state index is 0.0819. The predicted octanol–water partition coefficient (Wildman–Crippen LogP) is 4.29. The van der Waals surface area contributed by atoms with Crippen molar-refractivity contribution >= 4 is 0 Å². The number of alkyl halides is 3. The summed E-state index contributed by atoms with van der Waals surface area (Å²) in [7, 11) is 0. The molecule has 0 heterocycles. The fourth-order valence-electron chi connectivity index (χ4n) is 2.22. The fraction of sp³-hybridized carbons (Fsp3) is 0.250. The summed E-state index contributed by atoms with van der Waals surface area (Å²) in [6.45, 7) is 1.90. The molecule has 0 bridgehead atoms. The standard InChI is InChI=1S/C16H15F3O/c1-11-5-4-6-12(9-11)10-15(20)13-7-2-3-8-14(13)16(17,18)19/h2-9,15,20H,10H2,1H3. The number of rotatable bonds is 3. The lowest BCUT2D eigenvalue weighted by molar-refractivity contribution is -0.139. The number of aliphatic hydroxyl groups excluding tert-OH is 1. The fourth-order valence-corrected chi connectivity index (χ4v) is 2.22. The molecular weight excluding hydrogens is 265 g/mol. The van der Waals surface area contributed by atoms with Crippen LogP contribution in [0.3, 0.4) is 0 Å². The van der Waals surface area contributed by atoms with Crippen LogP contribution in [0.15, 0.2) is 48.5 Å². The molecule has 1 atom stereocenters. The topological polar surface area (TPSA) is 20.2 Å². The molecule has 2 aromatic carbocycles. The van der Waals surface area contributed by atoms with Crippen molar-refractivity contribution in [2.24, 2.45) is 0 Å². The molecule has 20 heavy (non-hydrogen) atoms. The van der Waals surface area contributed by atoms with E-state index >= 15 is 0 Å². The van der Waals surface area contributed by atoms with E-state index in [9.17, 15) is 18.3 Å². The molecule has 1 unspecified atom stereocenters. The third-order valence-corrected chi connectivity index (χ3v) is 3.14. The molecule has 0 radical (unpaired) electrons. The second-order valence-corrected chi connectivity index (χ2v) is 4.79. The summed E-state index contributed by atoms with van der Waals surface area (Å²) in [4.78, 5) is 0. The highest BCUT2D eigenvalue weighted by Gasteiger charge is 2.34. The van der Waals surface area contributed by atoms with Crippen molar-refractivity contribution in [3.8, 4) is 0 Å². The van der Waals surface area contributed by atoms with Crippen LogP contribution < -0.4 is 0 Å². The Balaban J connectivity index is 2.28. The minimum atomic E-state index is -4.45. The highest BCUT2D eigenvalue weighted by Crippen LogP contribution is 2.35. The van der Waals surface area contributed by atoms with Crippen LogP contribution in [-0.2, 0) is 12.6 Å². The van der Waals surface area contributed by atoms with E-state index in [0.29, 0.717) is 0 Å². The Morgan fingerprint density at radius 3 is 2.40 bits per heavy atom. The SMILES string of the molecule is Cc1cccc(CC(O)c2ccccc2C(F)(F)F)c1. The first-order valence-corrected chi connectivity index (χ1v) is 6.27. The molecule has 1 N–H and O–H groups in total. The Bertz CT molecular complexity index is 590. The molecule has 0 spiro atoms. The summed E-state index contributed by atoms with van der Waals surface area (Å²) in [5.41, 5.74) is 0.968. The van der Waals surface area contributed by atoms with Gasteiger partial charge in [0.2, 0.25) is 0 Å². The Kier molecular flexibility index (Phi) is 4.14. The van der Waals surface area contributed by atoms with Crippen LogP contribution in [-0.4, -0.2) is 5.11 Å². The van der Waals surface area contributed by atoms with Crippen molar-refractivity contribution in [3.63, 3.8) is 0 Å². The van der Waals surface area contributed by atoms with Gasteiger partial charge < -0.3 is 5.11 Å². The first kappa shape index (κ1) is 14.6. The highest BCUT2D eigenvalue weighted by molar-refractivity contribution is 5.33. The summed E-state index contributed by atoms with van der Waals surface area (Å²) >= 11 is 0. The maximum atomic E-state index is 12.9. The first-order chi connectivity index (χ1) is 9.38. The monoisotopic (exact) mass is 280 g/mol. The van der Waals surface area contributed by atoms with Crippen LogP contribution >= 0.6 is 0 Å². The molecule has 0 amide bonds. The average molecular weight is 280 g/mol. The zero-order valence-electron chi connectivity index (χ0n) is 11.0. The predicted molar refractivity (Wildman–Crippen MR) is 71.3 cm³/mol. The van der Waals surface area contributed by atoms with Crippen molar-refractivity contribution in [2.45, 2.75) is 25.6 Å². The van der Waals surface area contributed by atoms with Gasteiger partial charge in [-0.25, -0.2) is 0 Å². The number of hydrogen-bond acceptors (Lipinski definition) is 1. The van der Waals surface area contributed by atoms with Crippen molar-refractivity contribution < 1.29 is 18.3 Å². The van der Waals surface area contributed by atoms with E-state index in [2.05, 4.69) is 0 Å². The van der Waals surface area contributed by atoms with Gasteiger partial charge >= 0.3 is 6.18 Å². The van der Waals surface area contributed by atoms with Crippen LogP contribution in [0.5, 0.6) is 0 Å². The van der Waals surface area contributed by atoms with Crippen LogP contribution in [0, 0.1) is 6.92 Å². The lowest BCUT2D eigenvalue weighted by Crippen LogP contribution is -2.13. The van der Waals surface area contributed by atoms with Crippen LogP contribution in [0.2, 0.25) is 0 Å². The Morgan fingerprint density at radius 2 is 1.75 bits per heavy atom. The van der Waals surface area contributed by atoms with Crippen molar-refractivity contribution in [2.75, 3.05) is 0 Å². The van der Waals surface area contributed by atoms with Crippen molar-refractivity contribution in [1.82, 2.24) is 0 Å². The maximum Gasteiger partial charge on any atom is 0.416 e. The van der Waals surface area contributed by atoms with Gasteiger partial charge in [0.1, 0.15) is 0 Å². The van der Waals surface area contributed by atoms with Gasteiger partial charge in [-0.3, -0.25) is 0 Å². The number of aliphatic hydroxyl groups is 1. The van der Waals surface area contributed by atoms with Gasteiger partial charge in [0.25, 0.3) is 0 Å². The molecule has 4 heteroatoms. The molecule has 0 saturated heterocycles. The minimum Gasteiger partial charge on any atom is -0.388 e. The maximum absolute atomic E-state index is 12.9. The summed E-state index contributed by atoms with van der Waals surface area (Å²) in [6.07, 6.45) is -5.46. The molecule has 0 aliphatic heterocycles. The molecule has 1 nitrogen and oxygen atoms in total. The molecule has 0 aliphatic rings.